The number of nitrogens with zero attached hydrogens (tertiary/aromatic N) is 1. The van der Waals surface area contributed by atoms with Crippen molar-refractivity contribution >= 4 is 22.8 Å². The van der Waals surface area contributed by atoms with Crippen molar-refractivity contribution in [2.24, 2.45) is 0 Å². The molecule has 1 heterocycles. The van der Waals surface area contributed by atoms with E-state index in [1.165, 1.54) is 7.05 Å². The molecular weight excluding hydrogens is 326 g/mol. The Balaban J connectivity index is 2.14. The zero-order chi connectivity index (χ0) is 18.2. The third-order valence-corrected chi connectivity index (χ3v) is 3.63. The van der Waals surface area contributed by atoms with Crippen LogP contribution in [-0.4, -0.2) is 55.8 Å². The Labute approximate surface area is 144 Å². The Morgan fingerprint density at radius 3 is 2.80 bits per heavy atom. The lowest BCUT2D eigenvalue weighted by molar-refractivity contribution is -0.906. The molecule has 3 amide bonds. The van der Waals surface area contributed by atoms with Crippen LogP contribution in [0.25, 0.3) is 10.9 Å². The van der Waals surface area contributed by atoms with E-state index in [1.54, 1.807) is 25.3 Å². The number of ether oxygens (including phenoxy) is 1. The van der Waals surface area contributed by atoms with Crippen LogP contribution in [0.3, 0.4) is 0 Å². The van der Waals surface area contributed by atoms with Crippen LogP contribution in [0.1, 0.15) is 5.82 Å². The first-order valence-electron chi connectivity index (χ1n) is 7.85. The second-order valence-corrected chi connectivity index (χ2v) is 5.50. The molecule has 2 rings (SSSR count). The fourth-order valence-electron chi connectivity index (χ4n) is 2.40. The SMILES string of the molecule is CNC(=O)NC(=O)C[NH+](CCOC)Cc1nc2ccccc2c(=O)[nH]1. The average molecular weight is 348 g/mol. The molecule has 0 spiro atoms. The van der Waals surface area contributed by atoms with Gasteiger partial charge in [0.1, 0.15) is 13.1 Å². The van der Waals surface area contributed by atoms with Gasteiger partial charge in [-0.05, 0) is 12.1 Å². The summed E-state index contributed by atoms with van der Waals surface area (Å²) in [6.07, 6.45) is 0. The number of rotatable bonds is 7. The third kappa shape index (κ3) is 5.37. The molecule has 25 heavy (non-hydrogen) atoms. The summed E-state index contributed by atoms with van der Waals surface area (Å²) in [6, 6.07) is 6.50. The van der Waals surface area contributed by atoms with Crippen LogP contribution < -0.4 is 21.1 Å². The summed E-state index contributed by atoms with van der Waals surface area (Å²) in [4.78, 5) is 43.3. The van der Waals surface area contributed by atoms with Gasteiger partial charge in [-0.15, -0.1) is 0 Å². The van der Waals surface area contributed by atoms with Gasteiger partial charge >= 0.3 is 6.03 Å². The lowest BCUT2D eigenvalue weighted by Gasteiger charge is -2.18. The Hall–Kier alpha value is -2.78. The molecule has 9 heteroatoms. The molecule has 134 valence electrons. The fourth-order valence-corrected chi connectivity index (χ4v) is 2.40. The van der Waals surface area contributed by atoms with Crippen LogP contribution in [0.2, 0.25) is 0 Å². The number of fused-ring (bicyclic) bond motifs is 1. The first-order chi connectivity index (χ1) is 12.0. The molecule has 0 bridgehead atoms. The minimum absolute atomic E-state index is 0.0489. The van der Waals surface area contributed by atoms with Crippen LogP contribution in [0, 0.1) is 0 Å². The number of hydrogen-bond acceptors (Lipinski definition) is 5. The van der Waals surface area contributed by atoms with Crippen molar-refractivity contribution in [1.82, 2.24) is 20.6 Å². The quantitative estimate of drug-likeness (QED) is 0.481. The van der Waals surface area contributed by atoms with E-state index in [0.717, 1.165) is 4.90 Å². The van der Waals surface area contributed by atoms with Crippen LogP contribution in [0.4, 0.5) is 4.79 Å². The molecule has 0 fully saturated rings. The molecule has 0 radical (unpaired) electrons. The van der Waals surface area contributed by atoms with Gasteiger partial charge in [0.15, 0.2) is 12.4 Å². The molecule has 1 aromatic heterocycles. The lowest BCUT2D eigenvalue weighted by Crippen LogP contribution is -3.12. The van der Waals surface area contributed by atoms with E-state index in [4.69, 9.17) is 4.74 Å². The normalized spacial score (nSPS) is 11.9. The van der Waals surface area contributed by atoms with E-state index in [9.17, 15) is 14.4 Å². The predicted octanol–water partition coefficient (Wildman–Crippen LogP) is -1.59. The highest BCUT2D eigenvalue weighted by Gasteiger charge is 2.18. The van der Waals surface area contributed by atoms with Gasteiger partial charge in [-0.3, -0.25) is 14.9 Å². The summed E-state index contributed by atoms with van der Waals surface area (Å²) in [7, 11) is 3.00. The number of carbonyl (C=O) groups is 2. The molecule has 0 aliphatic rings. The van der Waals surface area contributed by atoms with Crippen molar-refractivity contribution in [3.63, 3.8) is 0 Å². The molecule has 4 N–H and O–H groups in total. The summed E-state index contributed by atoms with van der Waals surface area (Å²) in [6.45, 7) is 1.33. The van der Waals surface area contributed by atoms with E-state index in [0.29, 0.717) is 36.4 Å². The standard InChI is InChI=1S/C16H21N5O4/c1-17-16(24)20-14(22)10-21(7-8-25-2)9-13-18-12-6-4-3-5-11(12)15(23)19-13/h3-6H,7-10H2,1-2H3,(H,18,19,23)(H2,17,20,22,24)/p+1. The maximum Gasteiger partial charge on any atom is 0.321 e. The summed E-state index contributed by atoms with van der Waals surface area (Å²) < 4.78 is 5.06. The number of amides is 3. The monoisotopic (exact) mass is 348 g/mol. The maximum absolute atomic E-state index is 12.1. The number of quaternary nitrogens is 1. The molecule has 1 unspecified atom stereocenters. The van der Waals surface area contributed by atoms with Gasteiger partial charge in [-0.25, -0.2) is 9.78 Å². The molecule has 0 saturated heterocycles. The first-order valence-corrected chi connectivity index (χ1v) is 7.85. The number of urea groups is 1. The number of nitrogens with one attached hydrogen (secondary N) is 4. The zero-order valence-corrected chi connectivity index (χ0v) is 14.2. The Morgan fingerprint density at radius 2 is 2.08 bits per heavy atom. The molecule has 1 aromatic carbocycles. The molecule has 1 atom stereocenters. The van der Waals surface area contributed by atoms with Crippen molar-refractivity contribution in [1.29, 1.82) is 0 Å². The predicted molar refractivity (Wildman–Crippen MR) is 91.2 cm³/mol. The smallest absolute Gasteiger partial charge is 0.321 e. The molecule has 0 aliphatic carbocycles. The van der Waals surface area contributed by atoms with Crippen LogP contribution in [0.15, 0.2) is 29.1 Å². The number of H-pyrrole nitrogens is 1. The van der Waals surface area contributed by atoms with E-state index in [2.05, 4.69) is 20.6 Å². The van der Waals surface area contributed by atoms with Crippen molar-refractivity contribution in [2.75, 3.05) is 33.9 Å². The number of aromatic nitrogens is 2. The highest BCUT2D eigenvalue weighted by atomic mass is 16.5. The number of carbonyl (C=O) groups excluding carboxylic acids is 2. The second kappa shape index (κ2) is 8.90. The van der Waals surface area contributed by atoms with Gasteiger partial charge in [-0.1, -0.05) is 12.1 Å². The summed E-state index contributed by atoms with van der Waals surface area (Å²) in [5.74, 6) is 0.0520. The zero-order valence-electron chi connectivity index (χ0n) is 14.2. The molecular formula is C16H22N5O4+. The van der Waals surface area contributed by atoms with Crippen LogP contribution in [0.5, 0.6) is 0 Å². The Kier molecular flexibility index (Phi) is 6.61. The highest BCUT2D eigenvalue weighted by molar-refractivity contribution is 5.94. The minimum atomic E-state index is -0.562. The van der Waals surface area contributed by atoms with Crippen LogP contribution in [-0.2, 0) is 16.1 Å². The first kappa shape index (κ1) is 18.6. The van der Waals surface area contributed by atoms with E-state index in [1.807, 2.05) is 6.07 Å². The summed E-state index contributed by atoms with van der Waals surface area (Å²) in [5.41, 5.74) is 0.378. The number of methoxy groups -OCH3 is 1. The summed E-state index contributed by atoms with van der Waals surface area (Å²) in [5, 5.41) is 5.06. The molecule has 9 nitrogen and oxygen atoms in total. The topological polar surface area (TPSA) is 118 Å². The van der Waals surface area contributed by atoms with E-state index in [-0.39, 0.29) is 12.1 Å². The highest BCUT2D eigenvalue weighted by Crippen LogP contribution is 2.04. The Bertz CT molecular complexity index is 804. The van der Waals surface area contributed by atoms with Crippen molar-refractivity contribution in [3.05, 3.63) is 40.4 Å². The lowest BCUT2D eigenvalue weighted by atomic mass is 10.2. The van der Waals surface area contributed by atoms with Gasteiger partial charge in [-0.2, -0.15) is 0 Å². The fraction of sp³-hybridized carbons (Fsp3) is 0.375. The largest absolute Gasteiger partial charge is 0.379 e. The van der Waals surface area contributed by atoms with Crippen molar-refractivity contribution in [2.45, 2.75) is 6.54 Å². The Morgan fingerprint density at radius 1 is 1.32 bits per heavy atom. The van der Waals surface area contributed by atoms with E-state index < -0.39 is 11.9 Å². The van der Waals surface area contributed by atoms with E-state index >= 15 is 0 Å². The number of imide groups is 1. The number of benzene rings is 1. The second-order valence-electron chi connectivity index (χ2n) is 5.50. The van der Waals surface area contributed by atoms with Crippen molar-refractivity contribution < 1.29 is 19.2 Å². The number of para-hydroxylation sites is 1. The van der Waals surface area contributed by atoms with Gasteiger partial charge in [0.25, 0.3) is 11.5 Å². The van der Waals surface area contributed by atoms with Crippen LogP contribution >= 0.6 is 0 Å². The third-order valence-electron chi connectivity index (χ3n) is 3.63. The molecule has 2 aromatic rings. The number of aromatic amines is 1. The van der Waals surface area contributed by atoms with Gasteiger partial charge < -0.3 is 19.9 Å². The van der Waals surface area contributed by atoms with Crippen molar-refractivity contribution in [3.8, 4) is 0 Å². The molecule has 0 saturated carbocycles. The van der Waals surface area contributed by atoms with Gasteiger partial charge in [0, 0.05) is 14.2 Å². The summed E-state index contributed by atoms with van der Waals surface area (Å²) >= 11 is 0. The number of hydrogen-bond donors (Lipinski definition) is 4. The average Bonchev–Trinajstić information content (AvgIpc) is 2.59. The van der Waals surface area contributed by atoms with Gasteiger partial charge in [0.2, 0.25) is 0 Å². The van der Waals surface area contributed by atoms with Gasteiger partial charge in [0.05, 0.1) is 17.5 Å². The maximum atomic E-state index is 12.1. The molecule has 0 aliphatic heterocycles. The minimum Gasteiger partial charge on any atom is -0.379 e.